The molecule has 24 heavy (non-hydrogen) atoms. The minimum Gasteiger partial charge on any atom is -0.452 e. The van der Waals surface area contributed by atoms with Gasteiger partial charge in [0.05, 0.1) is 24.2 Å². The van der Waals surface area contributed by atoms with Crippen molar-refractivity contribution in [3.63, 3.8) is 0 Å². The van der Waals surface area contributed by atoms with E-state index < -0.39 is 29.4 Å². The Bertz CT molecular complexity index is 494. The molecule has 0 spiro atoms. The molecular formula is C18H30O6. The number of ether oxygens (including phenoxy) is 2. The van der Waals surface area contributed by atoms with Gasteiger partial charge in [-0.3, -0.25) is 4.79 Å². The number of aliphatic hydroxyl groups is 3. The Morgan fingerprint density at radius 2 is 2.21 bits per heavy atom. The van der Waals surface area contributed by atoms with Gasteiger partial charge in [0.15, 0.2) is 5.60 Å². The van der Waals surface area contributed by atoms with Crippen molar-refractivity contribution in [1.82, 2.24) is 0 Å². The van der Waals surface area contributed by atoms with E-state index in [0.29, 0.717) is 12.8 Å². The Balaban J connectivity index is 2.70. The van der Waals surface area contributed by atoms with Crippen molar-refractivity contribution in [3.05, 3.63) is 23.8 Å². The monoisotopic (exact) mass is 342 g/mol. The maximum absolute atomic E-state index is 11.3. The first-order valence-corrected chi connectivity index (χ1v) is 8.21. The quantitative estimate of drug-likeness (QED) is 0.457. The minimum atomic E-state index is -1.13. The van der Waals surface area contributed by atoms with Crippen LogP contribution in [0.3, 0.4) is 0 Å². The number of allylic oxidation sites excluding steroid dienone is 1. The van der Waals surface area contributed by atoms with Crippen molar-refractivity contribution in [1.29, 1.82) is 0 Å². The number of rotatable bonds is 8. The van der Waals surface area contributed by atoms with E-state index in [9.17, 15) is 20.1 Å². The molecule has 0 radical (unpaired) electrons. The standard InChI is InChI=1S/C18H30O6/c1-12(7-6-9-17(3,22)13(2)19)14(23-5)8-10-18(4)15(20)11-16(21)24-18/h7-8,10,13-15,19-20,22H,6,9,11H2,1-5H3. The second kappa shape index (κ2) is 8.25. The van der Waals surface area contributed by atoms with Gasteiger partial charge in [0.2, 0.25) is 0 Å². The van der Waals surface area contributed by atoms with E-state index in [1.807, 2.05) is 13.0 Å². The van der Waals surface area contributed by atoms with Crippen LogP contribution in [0, 0.1) is 0 Å². The summed E-state index contributed by atoms with van der Waals surface area (Å²) >= 11 is 0. The molecule has 0 aromatic rings. The number of cyclic esters (lactones) is 1. The average molecular weight is 342 g/mol. The van der Waals surface area contributed by atoms with Gasteiger partial charge in [0, 0.05) is 7.11 Å². The van der Waals surface area contributed by atoms with Crippen LogP contribution < -0.4 is 0 Å². The molecule has 1 rings (SSSR count). The number of carbonyl (C=O) groups excluding carboxylic acids is 1. The van der Waals surface area contributed by atoms with Crippen LogP contribution in [0.5, 0.6) is 0 Å². The summed E-state index contributed by atoms with van der Waals surface area (Å²) in [6.45, 7) is 6.72. The van der Waals surface area contributed by atoms with Crippen LogP contribution in [0.4, 0.5) is 0 Å². The lowest BCUT2D eigenvalue weighted by Gasteiger charge is -2.26. The fraction of sp³-hybridized carbons (Fsp3) is 0.722. The number of aliphatic hydroxyl groups excluding tert-OH is 2. The van der Waals surface area contributed by atoms with Crippen molar-refractivity contribution < 1.29 is 29.6 Å². The van der Waals surface area contributed by atoms with Gasteiger partial charge >= 0.3 is 5.97 Å². The van der Waals surface area contributed by atoms with E-state index in [0.717, 1.165) is 5.57 Å². The Kier molecular flexibility index (Phi) is 7.16. The second-order valence-corrected chi connectivity index (χ2v) is 6.91. The van der Waals surface area contributed by atoms with E-state index >= 15 is 0 Å². The molecule has 6 nitrogen and oxygen atoms in total. The third-order valence-corrected chi connectivity index (χ3v) is 4.68. The molecule has 0 amide bonds. The van der Waals surface area contributed by atoms with Crippen LogP contribution >= 0.6 is 0 Å². The fourth-order valence-electron chi connectivity index (χ4n) is 2.47. The molecule has 1 heterocycles. The van der Waals surface area contributed by atoms with Gasteiger partial charge in [0.25, 0.3) is 0 Å². The first-order valence-electron chi connectivity index (χ1n) is 8.21. The van der Waals surface area contributed by atoms with E-state index in [2.05, 4.69) is 0 Å². The smallest absolute Gasteiger partial charge is 0.309 e. The van der Waals surface area contributed by atoms with Crippen LogP contribution in [0.15, 0.2) is 23.8 Å². The van der Waals surface area contributed by atoms with Gasteiger partial charge in [0.1, 0.15) is 6.10 Å². The summed E-state index contributed by atoms with van der Waals surface area (Å²) in [4.78, 5) is 11.3. The third kappa shape index (κ3) is 5.41. The van der Waals surface area contributed by atoms with Gasteiger partial charge in [-0.05, 0) is 52.2 Å². The summed E-state index contributed by atoms with van der Waals surface area (Å²) in [7, 11) is 1.57. The lowest BCUT2D eigenvalue weighted by Crippen LogP contribution is -2.36. The second-order valence-electron chi connectivity index (χ2n) is 6.91. The Labute approximate surface area is 143 Å². The molecule has 0 bridgehead atoms. The predicted octanol–water partition coefficient (Wildman–Crippen LogP) is 1.48. The van der Waals surface area contributed by atoms with Crippen molar-refractivity contribution in [3.8, 4) is 0 Å². The third-order valence-electron chi connectivity index (χ3n) is 4.68. The minimum absolute atomic E-state index is 0.0122. The molecule has 0 saturated carbocycles. The van der Waals surface area contributed by atoms with E-state index in [-0.39, 0.29) is 12.5 Å². The van der Waals surface area contributed by atoms with Crippen molar-refractivity contribution in [2.24, 2.45) is 0 Å². The zero-order valence-corrected chi connectivity index (χ0v) is 15.2. The lowest BCUT2D eigenvalue weighted by atomic mass is 9.93. The zero-order chi connectivity index (χ0) is 18.5. The summed E-state index contributed by atoms with van der Waals surface area (Å²) in [5.74, 6) is -0.420. The maximum Gasteiger partial charge on any atom is 0.309 e. The van der Waals surface area contributed by atoms with Gasteiger partial charge in [-0.2, -0.15) is 0 Å². The molecular weight excluding hydrogens is 312 g/mol. The Morgan fingerprint density at radius 3 is 2.67 bits per heavy atom. The molecule has 5 unspecified atom stereocenters. The largest absolute Gasteiger partial charge is 0.452 e. The average Bonchev–Trinajstić information content (AvgIpc) is 2.72. The van der Waals surface area contributed by atoms with E-state index in [4.69, 9.17) is 9.47 Å². The number of hydrogen-bond donors (Lipinski definition) is 3. The van der Waals surface area contributed by atoms with E-state index in [1.165, 1.54) is 0 Å². The topological polar surface area (TPSA) is 96.2 Å². The van der Waals surface area contributed by atoms with Gasteiger partial charge in [-0.1, -0.05) is 12.2 Å². The van der Waals surface area contributed by atoms with Crippen LogP contribution in [0.25, 0.3) is 0 Å². The normalized spacial score (nSPS) is 30.2. The Morgan fingerprint density at radius 1 is 1.58 bits per heavy atom. The highest BCUT2D eigenvalue weighted by Crippen LogP contribution is 2.29. The number of methoxy groups -OCH3 is 1. The van der Waals surface area contributed by atoms with Crippen LogP contribution in [-0.2, 0) is 14.3 Å². The first kappa shape index (κ1) is 20.8. The van der Waals surface area contributed by atoms with Crippen LogP contribution in [0.1, 0.15) is 47.0 Å². The molecule has 1 fully saturated rings. The SMILES string of the molecule is COC(C=CC1(C)OC(=O)CC1O)C(C)=CCCC(C)(O)C(C)O. The highest BCUT2D eigenvalue weighted by atomic mass is 16.6. The molecule has 3 N–H and O–H groups in total. The molecule has 0 aliphatic carbocycles. The van der Waals surface area contributed by atoms with Crippen LogP contribution in [-0.4, -0.2) is 57.9 Å². The highest BCUT2D eigenvalue weighted by molar-refractivity contribution is 5.73. The van der Waals surface area contributed by atoms with Gasteiger partial charge in [-0.25, -0.2) is 0 Å². The lowest BCUT2D eigenvalue weighted by molar-refractivity contribution is -0.145. The van der Waals surface area contributed by atoms with Crippen LogP contribution in [0.2, 0.25) is 0 Å². The van der Waals surface area contributed by atoms with Gasteiger partial charge in [-0.15, -0.1) is 0 Å². The number of carbonyl (C=O) groups is 1. The number of esters is 1. The van der Waals surface area contributed by atoms with Crippen molar-refractivity contribution in [2.75, 3.05) is 7.11 Å². The molecule has 6 heteroatoms. The fourth-order valence-corrected chi connectivity index (χ4v) is 2.47. The summed E-state index contributed by atoms with van der Waals surface area (Å²) in [5.41, 5.74) is -1.24. The molecule has 5 atom stereocenters. The summed E-state index contributed by atoms with van der Waals surface area (Å²) in [5, 5.41) is 29.5. The van der Waals surface area contributed by atoms with E-state index in [1.54, 1.807) is 40.0 Å². The molecule has 1 aliphatic heterocycles. The summed E-state index contributed by atoms with van der Waals surface area (Å²) in [6, 6.07) is 0. The molecule has 0 aromatic heterocycles. The highest BCUT2D eigenvalue weighted by Gasteiger charge is 2.42. The summed E-state index contributed by atoms with van der Waals surface area (Å²) < 4.78 is 10.6. The maximum atomic E-state index is 11.3. The molecule has 1 aliphatic rings. The first-order chi connectivity index (χ1) is 11.0. The molecule has 138 valence electrons. The number of hydrogen-bond acceptors (Lipinski definition) is 6. The predicted molar refractivity (Wildman–Crippen MR) is 90.4 cm³/mol. The van der Waals surface area contributed by atoms with Crippen molar-refractivity contribution >= 4 is 5.97 Å². The van der Waals surface area contributed by atoms with Gasteiger partial charge < -0.3 is 24.8 Å². The van der Waals surface area contributed by atoms with Crippen molar-refractivity contribution in [2.45, 2.75) is 76.5 Å². The molecule has 1 saturated heterocycles. The zero-order valence-electron chi connectivity index (χ0n) is 15.2. The Hall–Kier alpha value is -1.21. The summed E-state index contributed by atoms with van der Waals surface area (Å²) in [6.07, 6.45) is 4.34. The molecule has 0 aromatic carbocycles.